The maximum Gasteiger partial charge on any atom is 3.00 e. The quantitative estimate of drug-likeness (QED) is 0.314. The van der Waals surface area contributed by atoms with Gasteiger partial charge in [0, 0.05) is 0 Å². The van der Waals surface area contributed by atoms with Crippen molar-refractivity contribution in [2.24, 2.45) is 0 Å². The summed E-state index contributed by atoms with van der Waals surface area (Å²) in [5.74, 6) is 0. The van der Waals surface area contributed by atoms with Gasteiger partial charge in [-0.3, -0.25) is 0 Å². The summed E-state index contributed by atoms with van der Waals surface area (Å²) in [7, 11) is 0. The number of rotatable bonds is 0. The van der Waals surface area contributed by atoms with Gasteiger partial charge in [0.1, 0.15) is 0 Å². The van der Waals surface area contributed by atoms with Gasteiger partial charge in [0.15, 0.2) is 0 Å². The van der Waals surface area contributed by atoms with Gasteiger partial charge in [0.2, 0.25) is 0 Å². The van der Waals surface area contributed by atoms with Gasteiger partial charge in [0.25, 0.3) is 0 Å². The third kappa shape index (κ3) is 165. The van der Waals surface area contributed by atoms with E-state index >= 15 is 0 Å². The van der Waals surface area contributed by atoms with E-state index in [9.17, 15) is 0 Å². The second-order valence-electron chi connectivity index (χ2n) is 0. The first-order chi connectivity index (χ1) is 0. The van der Waals surface area contributed by atoms with Crippen molar-refractivity contribution in [1.29, 1.82) is 0 Å². The summed E-state index contributed by atoms with van der Waals surface area (Å²) in [6.45, 7) is 0. The fraction of sp³-hybridized carbons (Fsp3) is 0. The Morgan fingerprint density at radius 2 is 0.429 bits per heavy atom. The Morgan fingerprint density at radius 1 is 0.429 bits per heavy atom. The van der Waals surface area contributed by atoms with E-state index in [1.54, 1.807) is 0 Å². The standard InChI is InChI=1S/2ClH.4H3N.Ru/h2*1H;4*1H3;/q;;;;;;+3/p-2. The van der Waals surface area contributed by atoms with Crippen LogP contribution >= 0.6 is 0 Å². The summed E-state index contributed by atoms with van der Waals surface area (Å²) in [6, 6.07) is 0. The van der Waals surface area contributed by atoms with Gasteiger partial charge in [-0.15, -0.1) is 0 Å². The van der Waals surface area contributed by atoms with Crippen molar-refractivity contribution < 1.29 is 44.3 Å². The molecule has 53 valence electrons. The van der Waals surface area contributed by atoms with Crippen LogP contribution in [0.5, 0.6) is 0 Å². The van der Waals surface area contributed by atoms with Crippen molar-refractivity contribution in [2.75, 3.05) is 0 Å². The van der Waals surface area contributed by atoms with Crippen LogP contribution in [0.25, 0.3) is 0 Å². The summed E-state index contributed by atoms with van der Waals surface area (Å²) in [5.41, 5.74) is 0. The Kier molecular flexibility index (Phi) is 12400. The first-order valence-electron chi connectivity index (χ1n) is 0. The second-order valence-corrected chi connectivity index (χ2v) is 0. The minimum Gasteiger partial charge on any atom is -1.00 e. The zero-order valence-corrected chi connectivity index (χ0v) is 7.19. The molecule has 0 spiro atoms. The minimum atomic E-state index is 0. The molecule has 12 N–H and O–H groups in total. The van der Waals surface area contributed by atoms with Gasteiger partial charge in [-0.05, 0) is 0 Å². The monoisotopic (exact) mass is 240 g/mol. The van der Waals surface area contributed by atoms with Crippen LogP contribution in [0.2, 0.25) is 0 Å². The molecule has 4 nitrogen and oxygen atoms in total. The Labute approximate surface area is 69.1 Å². The van der Waals surface area contributed by atoms with Crippen molar-refractivity contribution in [3.63, 3.8) is 0 Å². The average Bonchev–Trinajstić information content (AvgIpc) is 0. The van der Waals surface area contributed by atoms with Gasteiger partial charge in [-0.25, -0.2) is 0 Å². The Balaban J connectivity index is 0. The van der Waals surface area contributed by atoms with E-state index in [0.29, 0.717) is 0 Å². The molecule has 0 amide bonds. The third-order valence-electron chi connectivity index (χ3n) is 0. The molecule has 0 saturated carbocycles. The summed E-state index contributed by atoms with van der Waals surface area (Å²) in [5, 5.41) is 0. The van der Waals surface area contributed by atoms with E-state index < -0.39 is 0 Å². The molecular weight excluding hydrogens is 228 g/mol. The molecule has 0 rings (SSSR count). The molecule has 0 fully saturated rings. The van der Waals surface area contributed by atoms with E-state index in [4.69, 9.17) is 0 Å². The zero-order valence-electron chi connectivity index (χ0n) is 3.94. The molecule has 0 heterocycles. The number of hydrogen-bond acceptors (Lipinski definition) is 4. The van der Waals surface area contributed by atoms with Crippen molar-refractivity contribution >= 4 is 0 Å². The molecule has 0 aromatic heterocycles. The maximum absolute atomic E-state index is 0. The predicted octanol–water partition coefficient (Wildman–Crippen LogP) is -5.35. The van der Waals surface area contributed by atoms with Crippen LogP contribution in [0, 0.1) is 0 Å². The number of hydrogen-bond donors (Lipinski definition) is 4. The van der Waals surface area contributed by atoms with E-state index in [1.165, 1.54) is 0 Å². The SMILES string of the molecule is N.N.N.N.[Cl-].[Cl-].[Ru+3]. The molecule has 7 heteroatoms. The van der Waals surface area contributed by atoms with Crippen molar-refractivity contribution in [3.8, 4) is 0 Å². The average molecular weight is 240 g/mol. The van der Waals surface area contributed by atoms with Gasteiger partial charge < -0.3 is 49.4 Å². The first kappa shape index (κ1) is 367. The van der Waals surface area contributed by atoms with Gasteiger partial charge >= 0.3 is 19.5 Å². The fourth-order valence-corrected chi connectivity index (χ4v) is 0. The molecule has 0 saturated heterocycles. The molecule has 0 aromatic carbocycles. The normalized spacial score (nSPS) is 0. The Hall–Kier alpha value is 1.04. The van der Waals surface area contributed by atoms with Crippen LogP contribution in [0.1, 0.15) is 0 Å². The van der Waals surface area contributed by atoms with Crippen LogP contribution < -0.4 is 49.4 Å². The van der Waals surface area contributed by atoms with E-state index in [1.807, 2.05) is 0 Å². The molecule has 0 bridgehead atoms. The topological polar surface area (TPSA) is 140 Å². The summed E-state index contributed by atoms with van der Waals surface area (Å²) in [6.07, 6.45) is 0. The van der Waals surface area contributed by atoms with Crippen LogP contribution in [-0.4, -0.2) is 0 Å². The zero-order chi connectivity index (χ0) is 0. The van der Waals surface area contributed by atoms with E-state index in [2.05, 4.69) is 0 Å². The third-order valence-corrected chi connectivity index (χ3v) is 0. The molecule has 0 aliphatic carbocycles. The summed E-state index contributed by atoms with van der Waals surface area (Å²) < 4.78 is 0. The minimum absolute atomic E-state index is 0. The van der Waals surface area contributed by atoms with Gasteiger partial charge in [-0.1, -0.05) is 0 Å². The smallest absolute Gasteiger partial charge is 1.00 e. The van der Waals surface area contributed by atoms with E-state index in [0.717, 1.165) is 0 Å². The van der Waals surface area contributed by atoms with Gasteiger partial charge in [0.05, 0.1) is 0 Å². The van der Waals surface area contributed by atoms with Crippen LogP contribution in [0.15, 0.2) is 0 Å². The van der Waals surface area contributed by atoms with Crippen molar-refractivity contribution in [1.82, 2.24) is 24.6 Å². The summed E-state index contributed by atoms with van der Waals surface area (Å²) >= 11 is 0. The molecule has 0 unspecified atom stereocenters. The molecule has 0 atom stereocenters. The van der Waals surface area contributed by atoms with Crippen LogP contribution in [0.4, 0.5) is 0 Å². The van der Waals surface area contributed by atoms with Crippen molar-refractivity contribution in [2.45, 2.75) is 0 Å². The first-order valence-corrected chi connectivity index (χ1v) is 0. The van der Waals surface area contributed by atoms with E-state index in [-0.39, 0.29) is 68.9 Å². The largest absolute Gasteiger partial charge is 3.00 e. The van der Waals surface area contributed by atoms with Gasteiger partial charge in [-0.2, -0.15) is 0 Å². The summed E-state index contributed by atoms with van der Waals surface area (Å²) in [4.78, 5) is 0. The van der Waals surface area contributed by atoms with Crippen molar-refractivity contribution in [3.05, 3.63) is 0 Å². The molecule has 7 heavy (non-hydrogen) atoms. The fourth-order valence-electron chi connectivity index (χ4n) is 0. The second kappa shape index (κ2) is 236. The molecule has 1 radical (unpaired) electrons. The number of halogens is 2. The molecule has 0 aromatic rings. The van der Waals surface area contributed by atoms with Crippen LogP contribution in [-0.2, 0) is 19.5 Å². The molecular formula is H12Cl2N4Ru+. The molecule has 0 aliphatic heterocycles. The predicted molar refractivity (Wildman–Crippen MR) is 20.1 cm³/mol. The van der Waals surface area contributed by atoms with Crippen LogP contribution in [0.3, 0.4) is 0 Å². The Bertz CT molecular complexity index is 9.65. The molecule has 0 aliphatic rings. The Morgan fingerprint density at radius 3 is 0.429 bits per heavy atom. The maximum atomic E-state index is 0.